The fourth-order valence-electron chi connectivity index (χ4n) is 2.36. The van der Waals surface area contributed by atoms with Crippen LogP contribution in [0.2, 0.25) is 0 Å². The number of nitrogens with one attached hydrogen (secondary N) is 1. The van der Waals surface area contributed by atoms with Crippen molar-refractivity contribution in [1.29, 1.82) is 0 Å². The van der Waals surface area contributed by atoms with E-state index in [0.717, 1.165) is 18.9 Å². The predicted molar refractivity (Wildman–Crippen MR) is 73.9 cm³/mol. The van der Waals surface area contributed by atoms with Crippen molar-refractivity contribution < 1.29 is 23.8 Å². The van der Waals surface area contributed by atoms with Crippen molar-refractivity contribution in [2.24, 2.45) is 0 Å². The van der Waals surface area contributed by atoms with Crippen LogP contribution in [0.15, 0.2) is 18.2 Å². The Morgan fingerprint density at radius 2 is 2.19 bits per heavy atom. The van der Waals surface area contributed by atoms with E-state index >= 15 is 0 Å². The third-order valence-corrected chi connectivity index (χ3v) is 3.51. The molecule has 1 aliphatic rings. The van der Waals surface area contributed by atoms with Gasteiger partial charge in [0.1, 0.15) is 5.82 Å². The molecule has 0 aliphatic carbocycles. The van der Waals surface area contributed by atoms with Crippen molar-refractivity contribution in [3.05, 3.63) is 35.1 Å². The summed E-state index contributed by atoms with van der Waals surface area (Å²) in [7, 11) is 0. The number of carbonyl (C=O) groups excluding carboxylic acids is 1. The molecule has 5 nitrogen and oxygen atoms in total. The van der Waals surface area contributed by atoms with Gasteiger partial charge < -0.3 is 15.2 Å². The number of hydrogen-bond donors (Lipinski definition) is 2. The molecule has 1 aromatic carbocycles. The topological polar surface area (TPSA) is 75.6 Å². The number of halogens is 1. The Morgan fingerprint density at radius 1 is 1.48 bits per heavy atom. The second kappa shape index (κ2) is 5.81. The zero-order valence-electron chi connectivity index (χ0n) is 12.0. The molecule has 0 radical (unpaired) electrons. The van der Waals surface area contributed by atoms with Gasteiger partial charge in [-0.25, -0.2) is 9.18 Å². The van der Waals surface area contributed by atoms with Crippen molar-refractivity contribution in [2.45, 2.75) is 38.4 Å². The maximum atomic E-state index is 13.7. The lowest BCUT2D eigenvalue weighted by molar-refractivity contribution is -0.0138. The maximum Gasteiger partial charge on any atom is 0.335 e. The van der Waals surface area contributed by atoms with Gasteiger partial charge in [0, 0.05) is 6.54 Å². The third kappa shape index (κ3) is 3.78. The first-order valence-corrected chi connectivity index (χ1v) is 6.77. The summed E-state index contributed by atoms with van der Waals surface area (Å²) in [6.07, 6.45) is 1.67. The minimum absolute atomic E-state index is 0.0784. The molecule has 6 heteroatoms. The first-order valence-electron chi connectivity index (χ1n) is 6.77. The average Bonchev–Trinajstić information content (AvgIpc) is 2.75. The molecule has 2 N–H and O–H groups in total. The lowest BCUT2D eigenvalue weighted by Crippen LogP contribution is -2.33. The van der Waals surface area contributed by atoms with Gasteiger partial charge in [0.25, 0.3) is 5.91 Å². The number of hydrogen-bond acceptors (Lipinski definition) is 3. The van der Waals surface area contributed by atoms with Crippen LogP contribution < -0.4 is 5.32 Å². The molecule has 0 bridgehead atoms. The first-order chi connectivity index (χ1) is 9.78. The van der Waals surface area contributed by atoms with Crippen molar-refractivity contribution in [3.63, 3.8) is 0 Å². The summed E-state index contributed by atoms with van der Waals surface area (Å²) in [6.45, 7) is 4.28. The van der Waals surface area contributed by atoms with Crippen molar-refractivity contribution >= 4 is 11.9 Å². The monoisotopic (exact) mass is 295 g/mol. The summed E-state index contributed by atoms with van der Waals surface area (Å²) in [5.41, 5.74) is -0.550. The molecule has 114 valence electrons. The Balaban J connectivity index is 1.96. The van der Waals surface area contributed by atoms with Gasteiger partial charge in [0.15, 0.2) is 0 Å². The van der Waals surface area contributed by atoms with Crippen molar-refractivity contribution in [3.8, 4) is 0 Å². The predicted octanol–water partition coefficient (Wildman–Crippen LogP) is 2.21. The van der Waals surface area contributed by atoms with Gasteiger partial charge >= 0.3 is 5.97 Å². The van der Waals surface area contributed by atoms with Crippen molar-refractivity contribution in [1.82, 2.24) is 5.32 Å². The van der Waals surface area contributed by atoms with Crippen LogP contribution in [0.5, 0.6) is 0 Å². The molecule has 1 aliphatic heterocycles. The van der Waals surface area contributed by atoms with Gasteiger partial charge in [-0.3, -0.25) is 4.79 Å². The van der Waals surface area contributed by atoms with E-state index in [0.29, 0.717) is 6.54 Å². The molecule has 21 heavy (non-hydrogen) atoms. The SMILES string of the molecule is CC1(C)CCC(CNC(=O)c2ccc(C(=O)O)cc2F)O1. The molecular formula is C15H18FNO4. The normalized spacial score (nSPS) is 20.2. The fourth-order valence-corrected chi connectivity index (χ4v) is 2.36. The Hall–Kier alpha value is -1.95. The largest absolute Gasteiger partial charge is 0.478 e. The summed E-state index contributed by atoms with van der Waals surface area (Å²) in [5, 5.41) is 11.4. The molecule has 0 spiro atoms. The Bertz CT molecular complexity index is 571. The van der Waals surface area contributed by atoms with Crippen LogP contribution >= 0.6 is 0 Å². The first kappa shape index (κ1) is 15.4. The van der Waals surface area contributed by atoms with Gasteiger partial charge in [0.05, 0.1) is 22.8 Å². The number of rotatable bonds is 4. The van der Waals surface area contributed by atoms with E-state index in [2.05, 4.69) is 5.32 Å². The number of ether oxygens (including phenoxy) is 1. The number of amides is 1. The van der Waals surface area contributed by atoms with Gasteiger partial charge in [-0.05, 0) is 44.9 Å². The highest BCUT2D eigenvalue weighted by Gasteiger charge is 2.31. The molecule has 1 unspecified atom stereocenters. The molecule has 1 atom stereocenters. The van der Waals surface area contributed by atoms with Crippen LogP contribution in [-0.4, -0.2) is 35.2 Å². The Kier molecular flexibility index (Phi) is 4.27. The summed E-state index contributed by atoms with van der Waals surface area (Å²) < 4.78 is 19.5. The van der Waals surface area contributed by atoms with E-state index in [1.807, 2.05) is 13.8 Å². The molecule has 1 amide bonds. The summed E-state index contributed by atoms with van der Waals surface area (Å²) in [5.74, 6) is -2.65. The van der Waals surface area contributed by atoms with Gasteiger partial charge in [-0.1, -0.05) is 0 Å². The minimum Gasteiger partial charge on any atom is -0.478 e. The van der Waals surface area contributed by atoms with E-state index in [9.17, 15) is 14.0 Å². The zero-order chi connectivity index (χ0) is 15.6. The minimum atomic E-state index is -1.23. The second-order valence-corrected chi connectivity index (χ2v) is 5.75. The van der Waals surface area contributed by atoms with Crippen LogP contribution in [-0.2, 0) is 4.74 Å². The fraction of sp³-hybridized carbons (Fsp3) is 0.467. The smallest absolute Gasteiger partial charge is 0.335 e. The van der Waals surface area contributed by atoms with E-state index in [1.165, 1.54) is 12.1 Å². The standard InChI is InChI=1S/C15H18FNO4/c1-15(2)6-5-10(21-15)8-17-13(18)11-4-3-9(14(19)20)7-12(11)16/h3-4,7,10H,5-6,8H2,1-2H3,(H,17,18)(H,19,20). The highest BCUT2D eigenvalue weighted by molar-refractivity contribution is 5.96. The lowest BCUT2D eigenvalue weighted by atomic mass is 10.1. The molecule has 1 heterocycles. The highest BCUT2D eigenvalue weighted by Crippen LogP contribution is 2.28. The van der Waals surface area contributed by atoms with Crippen LogP contribution in [0.25, 0.3) is 0 Å². The van der Waals surface area contributed by atoms with Crippen LogP contribution in [0.4, 0.5) is 4.39 Å². The van der Waals surface area contributed by atoms with E-state index < -0.39 is 17.7 Å². The Labute approximate surface area is 122 Å². The van der Waals surface area contributed by atoms with Gasteiger partial charge in [-0.2, -0.15) is 0 Å². The highest BCUT2D eigenvalue weighted by atomic mass is 19.1. The van der Waals surface area contributed by atoms with Gasteiger partial charge in [-0.15, -0.1) is 0 Å². The Morgan fingerprint density at radius 3 is 2.71 bits per heavy atom. The summed E-state index contributed by atoms with van der Waals surface area (Å²) in [6, 6.07) is 3.22. The average molecular weight is 295 g/mol. The zero-order valence-corrected chi connectivity index (χ0v) is 12.0. The number of carboxylic acids is 1. The van der Waals surface area contributed by atoms with E-state index in [1.54, 1.807) is 0 Å². The van der Waals surface area contributed by atoms with E-state index in [4.69, 9.17) is 9.84 Å². The van der Waals surface area contributed by atoms with E-state index in [-0.39, 0.29) is 22.8 Å². The molecule has 0 saturated carbocycles. The maximum absolute atomic E-state index is 13.7. The molecule has 1 aromatic rings. The molecule has 1 saturated heterocycles. The molecular weight excluding hydrogens is 277 g/mol. The van der Waals surface area contributed by atoms with Crippen LogP contribution in [0, 0.1) is 5.82 Å². The van der Waals surface area contributed by atoms with Crippen LogP contribution in [0.3, 0.4) is 0 Å². The molecule has 0 aromatic heterocycles. The second-order valence-electron chi connectivity index (χ2n) is 5.75. The molecule has 2 rings (SSSR count). The number of aromatic carboxylic acids is 1. The molecule has 1 fully saturated rings. The lowest BCUT2D eigenvalue weighted by Gasteiger charge is -2.19. The number of carboxylic acid groups (broad SMARTS) is 1. The quantitative estimate of drug-likeness (QED) is 0.893. The number of carbonyl (C=O) groups is 2. The van der Waals surface area contributed by atoms with Gasteiger partial charge in [0.2, 0.25) is 0 Å². The summed E-state index contributed by atoms with van der Waals surface area (Å²) >= 11 is 0. The third-order valence-electron chi connectivity index (χ3n) is 3.51. The summed E-state index contributed by atoms with van der Waals surface area (Å²) in [4.78, 5) is 22.6. The number of benzene rings is 1. The van der Waals surface area contributed by atoms with Crippen LogP contribution in [0.1, 0.15) is 47.4 Å². The van der Waals surface area contributed by atoms with Crippen molar-refractivity contribution in [2.75, 3.05) is 6.54 Å².